The van der Waals surface area contributed by atoms with Crippen LogP contribution in [0.5, 0.6) is 5.75 Å². The molecule has 1 rings (SSSR count). The van der Waals surface area contributed by atoms with Crippen LogP contribution >= 0.6 is 15.9 Å². The predicted molar refractivity (Wildman–Crippen MR) is 87.6 cm³/mol. The molecular weight excluding hydrogens is 318 g/mol. The average molecular weight is 344 g/mol. The van der Waals surface area contributed by atoms with Crippen LogP contribution in [0.1, 0.15) is 32.8 Å². The Morgan fingerprint density at radius 2 is 2.00 bits per heavy atom. The van der Waals surface area contributed by atoms with Gasteiger partial charge in [-0.05, 0) is 50.1 Å². The van der Waals surface area contributed by atoms with Crippen molar-refractivity contribution in [1.82, 2.24) is 5.32 Å². The molecule has 0 saturated heterocycles. The molecule has 0 aliphatic rings. The number of hydrogen-bond acceptors (Lipinski definition) is 3. The van der Waals surface area contributed by atoms with Gasteiger partial charge in [-0.1, -0.05) is 29.8 Å². The summed E-state index contributed by atoms with van der Waals surface area (Å²) in [6.07, 6.45) is 1.85. The van der Waals surface area contributed by atoms with Crippen LogP contribution < -0.4 is 10.1 Å². The van der Waals surface area contributed by atoms with E-state index in [1.165, 1.54) is 5.56 Å². The van der Waals surface area contributed by atoms with Crippen molar-refractivity contribution >= 4 is 15.9 Å². The number of likely N-dealkylation sites (N-methyl/N-ethyl adjacent to an activating group) is 1. The highest BCUT2D eigenvalue weighted by atomic mass is 79.9. The van der Waals surface area contributed by atoms with Gasteiger partial charge in [-0.15, -0.1) is 0 Å². The molecule has 2 atom stereocenters. The van der Waals surface area contributed by atoms with Gasteiger partial charge in [0.2, 0.25) is 0 Å². The van der Waals surface area contributed by atoms with Crippen molar-refractivity contribution in [3.8, 4) is 5.75 Å². The molecule has 0 radical (unpaired) electrons. The molecule has 0 fully saturated rings. The van der Waals surface area contributed by atoms with Crippen molar-refractivity contribution in [2.45, 2.75) is 45.3 Å². The summed E-state index contributed by atoms with van der Waals surface area (Å²) in [6, 6.07) is 6.34. The highest BCUT2D eigenvalue weighted by Gasteiger charge is 2.32. The minimum absolute atomic E-state index is 0.182. The molecule has 0 heterocycles. The second-order valence-corrected chi connectivity index (χ2v) is 6.00. The van der Waals surface area contributed by atoms with E-state index in [4.69, 9.17) is 9.47 Å². The number of ether oxygens (including phenoxy) is 2. The molecule has 0 amide bonds. The van der Waals surface area contributed by atoms with Crippen LogP contribution in [0.25, 0.3) is 0 Å². The standard InChI is InChI=1S/C16H26BrNO2/c1-6-16(3,20-5)15(18-7-2)11-12-10-13(19-4)8-9-14(12)17/h8-10,15,18H,6-7,11H2,1-5H3. The van der Waals surface area contributed by atoms with E-state index in [1.807, 2.05) is 12.1 Å². The molecule has 0 saturated carbocycles. The van der Waals surface area contributed by atoms with E-state index in [0.717, 1.165) is 29.6 Å². The Morgan fingerprint density at radius 3 is 2.50 bits per heavy atom. The van der Waals surface area contributed by atoms with Gasteiger partial charge in [0.1, 0.15) is 5.75 Å². The Kier molecular flexibility index (Phi) is 7.00. The summed E-state index contributed by atoms with van der Waals surface area (Å²) in [7, 11) is 3.48. The highest BCUT2D eigenvalue weighted by Crippen LogP contribution is 2.28. The lowest BCUT2D eigenvalue weighted by Gasteiger charge is -2.36. The molecule has 0 aliphatic carbocycles. The molecule has 4 heteroatoms. The van der Waals surface area contributed by atoms with Crippen molar-refractivity contribution in [3.05, 3.63) is 28.2 Å². The number of methoxy groups -OCH3 is 2. The van der Waals surface area contributed by atoms with Gasteiger partial charge >= 0.3 is 0 Å². The SMILES string of the molecule is CCNC(Cc1cc(OC)ccc1Br)C(C)(CC)OC. The molecule has 0 spiro atoms. The van der Waals surface area contributed by atoms with Gasteiger partial charge in [0, 0.05) is 17.6 Å². The van der Waals surface area contributed by atoms with Crippen LogP contribution in [0.2, 0.25) is 0 Å². The maximum atomic E-state index is 5.76. The monoisotopic (exact) mass is 343 g/mol. The fourth-order valence-electron chi connectivity index (χ4n) is 2.34. The van der Waals surface area contributed by atoms with Crippen molar-refractivity contribution in [2.75, 3.05) is 20.8 Å². The van der Waals surface area contributed by atoms with E-state index in [-0.39, 0.29) is 11.6 Å². The highest BCUT2D eigenvalue weighted by molar-refractivity contribution is 9.10. The van der Waals surface area contributed by atoms with E-state index in [0.29, 0.717) is 0 Å². The lowest BCUT2D eigenvalue weighted by Crippen LogP contribution is -2.51. The van der Waals surface area contributed by atoms with Crippen LogP contribution in [-0.2, 0) is 11.2 Å². The van der Waals surface area contributed by atoms with Crippen LogP contribution in [0.3, 0.4) is 0 Å². The second kappa shape index (κ2) is 8.01. The first-order chi connectivity index (χ1) is 9.50. The molecule has 114 valence electrons. The molecule has 1 N–H and O–H groups in total. The molecule has 3 nitrogen and oxygen atoms in total. The second-order valence-electron chi connectivity index (χ2n) is 5.14. The lowest BCUT2D eigenvalue weighted by atomic mass is 9.88. The van der Waals surface area contributed by atoms with E-state index in [9.17, 15) is 0 Å². The number of nitrogens with one attached hydrogen (secondary N) is 1. The van der Waals surface area contributed by atoms with E-state index in [2.05, 4.69) is 48.1 Å². The molecular formula is C16H26BrNO2. The van der Waals surface area contributed by atoms with Gasteiger partial charge in [-0.3, -0.25) is 0 Å². The topological polar surface area (TPSA) is 30.5 Å². The first-order valence-corrected chi connectivity index (χ1v) is 7.91. The third-order valence-electron chi connectivity index (χ3n) is 4.03. The third kappa shape index (κ3) is 4.21. The van der Waals surface area contributed by atoms with E-state index in [1.54, 1.807) is 14.2 Å². The van der Waals surface area contributed by atoms with Gasteiger partial charge in [0.05, 0.1) is 12.7 Å². The molecule has 1 aromatic carbocycles. The lowest BCUT2D eigenvalue weighted by molar-refractivity contribution is -0.0284. The zero-order valence-electron chi connectivity index (χ0n) is 13.1. The molecule has 0 bridgehead atoms. The zero-order valence-corrected chi connectivity index (χ0v) is 14.7. The fourth-order valence-corrected chi connectivity index (χ4v) is 2.75. The quantitative estimate of drug-likeness (QED) is 0.778. The molecule has 2 unspecified atom stereocenters. The summed E-state index contributed by atoms with van der Waals surface area (Å²) in [5.74, 6) is 0.883. The molecule has 1 aromatic rings. The van der Waals surface area contributed by atoms with Gasteiger partial charge in [0.25, 0.3) is 0 Å². The van der Waals surface area contributed by atoms with Crippen molar-refractivity contribution < 1.29 is 9.47 Å². The van der Waals surface area contributed by atoms with E-state index < -0.39 is 0 Å². The summed E-state index contributed by atoms with van der Waals surface area (Å²) in [5, 5.41) is 3.55. The third-order valence-corrected chi connectivity index (χ3v) is 4.81. The average Bonchev–Trinajstić information content (AvgIpc) is 2.48. The largest absolute Gasteiger partial charge is 0.497 e. The summed E-state index contributed by atoms with van der Waals surface area (Å²) in [4.78, 5) is 0. The van der Waals surface area contributed by atoms with E-state index >= 15 is 0 Å². The Morgan fingerprint density at radius 1 is 1.30 bits per heavy atom. The van der Waals surface area contributed by atoms with Gasteiger partial charge in [0.15, 0.2) is 0 Å². The Labute approximate surface area is 131 Å². The molecule has 0 aliphatic heterocycles. The Hall–Kier alpha value is -0.580. The first-order valence-electron chi connectivity index (χ1n) is 7.11. The summed E-state index contributed by atoms with van der Waals surface area (Å²) < 4.78 is 12.2. The summed E-state index contributed by atoms with van der Waals surface area (Å²) in [5.41, 5.74) is 1.05. The predicted octanol–water partition coefficient (Wildman–Crippen LogP) is 3.79. The van der Waals surface area contributed by atoms with Crippen LogP contribution in [-0.4, -0.2) is 32.4 Å². The van der Waals surface area contributed by atoms with Gasteiger partial charge in [-0.25, -0.2) is 0 Å². The Balaban J connectivity index is 3.01. The molecule has 0 aromatic heterocycles. The summed E-state index contributed by atoms with van der Waals surface area (Å²) in [6.45, 7) is 7.37. The normalized spacial score (nSPS) is 15.7. The van der Waals surface area contributed by atoms with Crippen molar-refractivity contribution in [1.29, 1.82) is 0 Å². The smallest absolute Gasteiger partial charge is 0.119 e. The number of rotatable bonds is 8. The number of benzene rings is 1. The summed E-state index contributed by atoms with van der Waals surface area (Å²) >= 11 is 3.63. The van der Waals surface area contributed by atoms with Crippen molar-refractivity contribution in [3.63, 3.8) is 0 Å². The maximum absolute atomic E-state index is 5.76. The van der Waals surface area contributed by atoms with Gasteiger partial charge < -0.3 is 14.8 Å². The van der Waals surface area contributed by atoms with Crippen LogP contribution in [0.15, 0.2) is 22.7 Å². The van der Waals surface area contributed by atoms with Crippen LogP contribution in [0, 0.1) is 0 Å². The van der Waals surface area contributed by atoms with Crippen LogP contribution in [0.4, 0.5) is 0 Å². The van der Waals surface area contributed by atoms with Crippen molar-refractivity contribution in [2.24, 2.45) is 0 Å². The first kappa shape index (κ1) is 17.5. The van der Waals surface area contributed by atoms with Gasteiger partial charge in [-0.2, -0.15) is 0 Å². The molecule has 20 heavy (non-hydrogen) atoms. The maximum Gasteiger partial charge on any atom is 0.119 e. The fraction of sp³-hybridized carbons (Fsp3) is 0.625. The minimum atomic E-state index is -0.182. The minimum Gasteiger partial charge on any atom is -0.497 e. The number of hydrogen-bond donors (Lipinski definition) is 1. The zero-order chi connectivity index (χ0) is 15.2. The Bertz CT molecular complexity index is 419. The number of halogens is 1.